The van der Waals surface area contributed by atoms with Crippen LogP contribution in [-0.2, 0) is 4.74 Å². The van der Waals surface area contributed by atoms with Gasteiger partial charge in [-0.05, 0) is 11.6 Å². The van der Waals surface area contributed by atoms with Gasteiger partial charge in [-0.25, -0.2) is 4.79 Å². The molecule has 0 unspecified atom stereocenters. The summed E-state index contributed by atoms with van der Waals surface area (Å²) in [6.45, 7) is 0. The van der Waals surface area contributed by atoms with Crippen LogP contribution in [0.25, 0.3) is 0 Å². The van der Waals surface area contributed by atoms with E-state index in [0.717, 1.165) is 10.7 Å². The molecule has 0 saturated carbocycles. The summed E-state index contributed by atoms with van der Waals surface area (Å²) in [4.78, 5) is 13.7. The predicted octanol–water partition coefficient (Wildman–Crippen LogP) is 2.10. The Balaban J connectivity index is 2.20. The monoisotopic (exact) mass is 195 g/mol. The van der Waals surface area contributed by atoms with Gasteiger partial charge < -0.3 is 4.74 Å². The number of nitrogens with zero attached hydrogens (tertiary/aromatic N) is 1. The zero-order valence-electron chi connectivity index (χ0n) is 7.19. The second-order valence-electron chi connectivity index (χ2n) is 2.66. The normalized spacial score (nSPS) is 19.3. The number of hydrogen-bond donors (Lipinski definition) is 0. The Kier molecular flexibility index (Phi) is 2.14. The van der Waals surface area contributed by atoms with Gasteiger partial charge in [-0.1, -0.05) is 6.08 Å². The van der Waals surface area contributed by atoms with E-state index >= 15 is 0 Å². The van der Waals surface area contributed by atoms with Crippen molar-refractivity contribution >= 4 is 17.9 Å². The van der Waals surface area contributed by atoms with Crippen molar-refractivity contribution in [1.82, 2.24) is 4.90 Å². The fourth-order valence-corrected chi connectivity index (χ4v) is 2.16. The first kappa shape index (κ1) is 8.44. The topological polar surface area (TPSA) is 29.5 Å². The lowest BCUT2D eigenvalue weighted by atomic mass is 10.2. The summed E-state index contributed by atoms with van der Waals surface area (Å²) >= 11 is 1.73. The van der Waals surface area contributed by atoms with Gasteiger partial charge in [-0.3, -0.25) is 4.90 Å². The van der Waals surface area contributed by atoms with E-state index in [4.69, 9.17) is 0 Å². The number of hydrogen-bond acceptors (Lipinski definition) is 3. The summed E-state index contributed by atoms with van der Waals surface area (Å²) in [6, 6.07) is 0. The molecule has 13 heavy (non-hydrogen) atoms. The van der Waals surface area contributed by atoms with Crippen LogP contribution in [0.3, 0.4) is 0 Å². The van der Waals surface area contributed by atoms with Crippen LogP contribution >= 0.6 is 11.8 Å². The molecule has 0 aromatic carbocycles. The van der Waals surface area contributed by atoms with Crippen LogP contribution in [0.1, 0.15) is 0 Å². The molecule has 0 aromatic rings. The SMILES string of the molecule is COC(=O)N1C=CC2=CCSC2=C1. The Morgan fingerprint density at radius 3 is 3.31 bits per heavy atom. The van der Waals surface area contributed by atoms with Gasteiger partial charge in [-0.15, -0.1) is 11.8 Å². The first-order valence-electron chi connectivity index (χ1n) is 3.91. The molecule has 2 aliphatic rings. The number of methoxy groups -OCH3 is 1. The van der Waals surface area contributed by atoms with Gasteiger partial charge in [0, 0.05) is 23.1 Å². The van der Waals surface area contributed by atoms with E-state index < -0.39 is 0 Å². The maximum absolute atomic E-state index is 11.1. The molecule has 2 rings (SSSR count). The van der Waals surface area contributed by atoms with Gasteiger partial charge in [0.05, 0.1) is 7.11 Å². The minimum Gasteiger partial charge on any atom is -0.452 e. The standard InChI is InChI=1S/C9H9NO2S/c1-12-9(11)10-4-2-7-3-5-13-8(7)6-10/h2-4,6H,5H2,1H3. The van der Waals surface area contributed by atoms with Gasteiger partial charge in [-0.2, -0.15) is 0 Å². The minimum atomic E-state index is -0.352. The average molecular weight is 195 g/mol. The van der Waals surface area contributed by atoms with Crippen molar-refractivity contribution in [2.24, 2.45) is 0 Å². The van der Waals surface area contributed by atoms with E-state index in [2.05, 4.69) is 10.8 Å². The number of carbonyl (C=O) groups excluding carboxylic acids is 1. The smallest absolute Gasteiger partial charge is 0.417 e. The third kappa shape index (κ3) is 1.49. The molecule has 0 atom stereocenters. The summed E-state index contributed by atoms with van der Waals surface area (Å²) in [7, 11) is 1.38. The third-order valence-electron chi connectivity index (χ3n) is 1.88. The number of ether oxygens (including phenoxy) is 1. The highest BCUT2D eigenvalue weighted by atomic mass is 32.2. The van der Waals surface area contributed by atoms with E-state index in [9.17, 15) is 4.79 Å². The first-order chi connectivity index (χ1) is 6.31. The molecular weight excluding hydrogens is 186 g/mol. The molecule has 0 radical (unpaired) electrons. The lowest BCUT2D eigenvalue weighted by molar-refractivity contribution is 0.151. The van der Waals surface area contributed by atoms with E-state index in [1.807, 2.05) is 6.08 Å². The van der Waals surface area contributed by atoms with Crippen LogP contribution in [-0.4, -0.2) is 23.9 Å². The molecule has 0 bridgehead atoms. The van der Waals surface area contributed by atoms with Crippen LogP contribution in [0.15, 0.2) is 35.0 Å². The average Bonchev–Trinajstić information content (AvgIpc) is 2.63. The molecule has 2 heterocycles. The summed E-state index contributed by atoms with van der Waals surface area (Å²) in [5.41, 5.74) is 1.20. The number of fused-ring (bicyclic) bond motifs is 1. The van der Waals surface area contributed by atoms with Gasteiger partial charge in [0.25, 0.3) is 0 Å². The summed E-state index contributed by atoms with van der Waals surface area (Å²) < 4.78 is 4.60. The van der Waals surface area contributed by atoms with E-state index in [1.165, 1.54) is 17.6 Å². The minimum absolute atomic E-state index is 0.352. The van der Waals surface area contributed by atoms with Gasteiger partial charge >= 0.3 is 6.09 Å². The number of thioether (sulfide) groups is 1. The highest BCUT2D eigenvalue weighted by Crippen LogP contribution is 2.34. The molecule has 3 nitrogen and oxygen atoms in total. The van der Waals surface area contributed by atoms with Crippen molar-refractivity contribution in [3.05, 3.63) is 35.0 Å². The molecule has 0 saturated heterocycles. The molecule has 2 aliphatic heterocycles. The van der Waals surface area contributed by atoms with Crippen molar-refractivity contribution in [3.8, 4) is 0 Å². The highest BCUT2D eigenvalue weighted by molar-refractivity contribution is 8.03. The van der Waals surface area contributed by atoms with Gasteiger partial charge in [0.1, 0.15) is 0 Å². The zero-order chi connectivity index (χ0) is 9.26. The fraction of sp³-hybridized carbons (Fsp3) is 0.222. The summed E-state index contributed by atoms with van der Waals surface area (Å²) in [6.07, 6.45) is 7.23. The maximum atomic E-state index is 11.1. The molecule has 68 valence electrons. The highest BCUT2D eigenvalue weighted by Gasteiger charge is 2.18. The maximum Gasteiger partial charge on any atom is 0.417 e. The van der Waals surface area contributed by atoms with Gasteiger partial charge in [0.2, 0.25) is 0 Å². The zero-order valence-corrected chi connectivity index (χ0v) is 8.00. The summed E-state index contributed by atoms with van der Waals surface area (Å²) in [5, 5.41) is 0. The van der Waals surface area contributed by atoms with Crippen molar-refractivity contribution in [1.29, 1.82) is 0 Å². The molecule has 1 amide bonds. The van der Waals surface area contributed by atoms with E-state index in [1.54, 1.807) is 24.2 Å². The first-order valence-corrected chi connectivity index (χ1v) is 4.89. The Morgan fingerprint density at radius 2 is 2.54 bits per heavy atom. The van der Waals surface area contributed by atoms with Crippen molar-refractivity contribution in [2.75, 3.05) is 12.9 Å². The van der Waals surface area contributed by atoms with Crippen LogP contribution < -0.4 is 0 Å². The van der Waals surface area contributed by atoms with E-state index in [-0.39, 0.29) is 6.09 Å². The van der Waals surface area contributed by atoms with Gasteiger partial charge in [0.15, 0.2) is 0 Å². The molecule has 0 spiro atoms. The molecular formula is C9H9NO2S. The Bertz CT molecular complexity index is 331. The quantitative estimate of drug-likeness (QED) is 0.592. The van der Waals surface area contributed by atoms with Crippen molar-refractivity contribution < 1.29 is 9.53 Å². The van der Waals surface area contributed by atoms with Crippen molar-refractivity contribution in [3.63, 3.8) is 0 Å². The third-order valence-corrected chi connectivity index (χ3v) is 2.87. The second kappa shape index (κ2) is 3.30. The number of amides is 1. The van der Waals surface area contributed by atoms with Crippen LogP contribution in [0.2, 0.25) is 0 Å². The number of rotatable bonds is 0. The number of allylic oxidation sites excluding steroid dienone is 2. The largest absolute Gasteiger partial charge is 0.452 e. The van der Waals surface area contributed by atoms with Crippen LogP contribution in [0.5, 0.6) is 0 Å². The molecule has 0 aromatic heterocycles. The second-order valence-corrected chi connectivity index (χ2v) is 3.72. The predicted molar refractivity (Wildman–Crippen MR) is 52.0 cm³/mol. The summed E-state index contributed by atoms with van der Waals surface area (Å²) in [5.74, 6) is 0.987. The van der Waals surface area contributed by atoms with Crippen molar-refractivity contribution in [2.45, 2.75) is 0 Å². The Hall–Kier alpha value is -1.16. The van der Waals surface area contributed by atoms with E-state index in [0.29, 0.717) is 0 Å². The Morgan fingerprint density at radius 1 is 1.69 bits per heavy atom. The Labute approximate surface area is 80.7 Å². The fourth-order valence-electron chi connectivity index (χ4n) is 1.22. The molecule has 0 fully saturated rings. The molecule has 4 heteroatoms. The lowest BCUT2D eigenvalue weighted by Gasteiger charge is -2.17. The number of carbonyl (C=O) groups is 1. The van der Waals surface area contributed by atoms with Crippen LogP contribution in [0, 0.1) is 0 Å². The van der Waals surface area contributed by atoms with Crippen LogP contribution in [0.4, 0.5) is 4.79 Å². The molecule has 0 N–H and O–H groups in total. The lowest BCUT2D eigenvalue weighted by Crippen LogP contribution is -2.21. The molecule has 0 aliphatic carbocycles.